The fourth-order valence-electron chi connectivity index (χ4n) is 3.76. The lowest BCUT2D eigenvalue weighted by Crippen LogP contribution is -2.20. The highest BCUT2D eigenvalue weighted by Crippen LogP contribution is 2.33. The quantitative estimate of drug-likeness (QED) is 0.111. The number of hydrogen-bond acceptors (Lipinski definition) is 5. The van der Waals surface area contributed by atoms with E-state index in [4.69, 9.17) is 21.3 Å². The topological polar surface area (TPSA) is 73.5 Å². The Kier molecular flexibility index (Phi) is 7.56. The van der Waals surface area contributed by atoms with Crippen LogP contribution in [0.4, 0.5) is 0 Å². The van der Waals surface area contributed by atoms with Crippen molar-refractivity contribution < 1.29 is 9.53 Å². The second-order valence-corrected chi connectivity index (χ2v) is 10.6. The van der Waals surface area contributed by atoms with Gasteiger partial charge in [-0.15, -0.1) is 0 Å². The Hall–Kier alpha value is -3.59. The molecular weight excluding hydrogens is 634 g/mol. The maximum Gasteiger partial charge on any atom is 0.343 e. The molecule has 9 heteroatoms. The van der Waals surface area contributed by atoms with Crippen molar-refractivity contribution in [2.24, 2.45) is 5.10 Å². The summed E-state index contributed by atoms with van der Waals surface area (Å²) in [7, 11) is 0. The lowest BCUT2D eigenvalue weighted by atomic mass is 10.1. The minimum Gasteiger partial charge on any atom is -0.421 e. The van der Waals surface area contributed by atoms with Crippen molar-refractivity contribution in [2.75, 3.05) is 0 Å². The summed E-state index contributed by atoms with van der Waals surface area (Å²) >= 11 is 13.0. The number of para-hydroxylation sites is 1. The van der Waals surface area contributed by atoms with Crippen LogP contribution in [0.1, 0.15) is 21.5 Å². The van der Waals surface area contributed by atoms with E-state index >= 15 is 0 Å². The van der Waals surface area contributed by atoms with Gasteiger partial charge in [0, 0.05) is 20.6 Å². The van der Waals surface area contributed by atoms with E-state index in [1.807, 2.05) is 25.1 Å². The van der Waals surface area contributed by atoms with Gasteiger partial charge in [-0.2, -0.15) is 9.78 Å². The van der Waals surface area contributed by atoms with Crippen molar-refractivity contribution in [3.63, 3.8) is 0 Å². The van der Waals surface area contributed by atoms with Crippen molar-refractivity contribution in [3.8, 4) is 17.1 Å². The summed E-state index contributed by atoms with van der Waals surface area (Å²) in [6, 6.07) is 24.7. The van der Waals surface area contributed by atoms with Crippen LogP contribution in [-0.2, 0) is 0 Å². The highest BCUT2D eigenvalue weighted by molar-refractivity contribution is 9.11. The van der Waals surface area contributed by atoms with Gasteiger partial charge in [-0.05, 0) is 83.5 Å². The zero-order valence-corrected chi connectivity index (χ0v) is 23.8. The first-order valence-corrected chi connectivity index (χ1v) is 13.4. The maximum absolute atomic E-state index is 13.5. The van der Waals surface area contributed by atoms with Gasteiger partial charge in [0.15, 0.2) is 11.6 Å². The molecule has 0 atom stereocenters. The lowest BCUT2D eigenvalue weighted by molar-refractivity contribution is 0.0733. The zero-order valence-electron chi connectivity index (χ0n) is 19.9. The summed E-state index contributed by atoms with van der Waals surface area (Å²) in [5.74, 6) is 0.0836. The molecule has 5 aromatic rings. The second kappa shape index (κ2) is 11.0. The predicted octanol–water partition coefficient (Wildman–Crippen LogP) is 7.65. The third kappa shape index (κ3) is 5.48. The molecule has 1 heterocycles. The standard InChI is InChI=1S/C29H18Br2ClN3O3/c1-17-6-8-19(9-7-17)29(37)38-26-20(14-21(30)15-24(26)31)16-33-35-27(18-10-12-22(32)13-11-18)34-25-5-3-2-4-23(25)28(35)36/h2-16H,1H3. The van der Waals surface area contributed by atoms with Gasteiger partial charge in [-0.3, -0.25) is 4.79 Å². The Balaban J connectivity index is 1.62. The molecule has 0 aliphatic rings. The molecule has 0 bridgehead atoms. The molecule has 0 saturated carbocycles. The average Bonchev–Trinajstić information content (AvgIpc) is 2.90. The molecule has 0 saturated heterocycles. The molecule has 0 unspecified atom stereocenters. The van der Waals surface area contributed by atoms with Crippen LogP contribution >= 0.6 is 43.5 Å². The average molecular weight is 652 g/mol. The SMILES string of the molecule is Cc1ccc(C(=O)Oc2c(Br)cc(Br)cc2C=Nn2c(-c3ccc(Cl)cc3)nc3ccccc3c2=O)cc1. The number of fused-ring (bicyclic) bond motifs is 1. The fourth-order valence-corrected chi connectivity index (χ4v) is 5.23. The first-order valence-electron chi connectivity index (χ1n) is 11.4. The second-order valence-electron chi connectivity index (χ2n) is 8.38. The van der Waals surface area contributed by atoms with E-state index in [0.29, 0.717) is 42.9 Å². The van der Waals surface area contributed by atoms with Crippen LogP contribution in [0, 0.1) is 6.92 Å². The number of carbonyl (C=O) groups is 1. The van der Waals surface area contributed by atoms with Crippen LogP contribution in [0.25, 0.3) is 22.3 Å². The van der Waals surface area contributed by atoms with E-state index in [9.17, 15) is 9.59 Å². The van der Waals surface area contributed by atoms with Crippen LogP contribution in [0.3, 0.4) is 0 Å². The minimum absolute atomic E-state index is 0.261. The van der Waals surface area contributed by atoms with Crippen molar-refractivity contribution >= 4 is 66.5 Å². The fraction of sp³-hybridized carbons (Fsp3) is 0.0345. The van der Waals surface area contributed by atoms with E-state index < -0.39 is 5.97 Å². The van der Waals surface area contributed by atoms with E-state index in [1.165, 1.54) is 10.9 Å². The molecule has 1 aromatic heterocycles. The van der Waals surface area contributed by atoms with E-state index in [0.717, 1.165) is 10.0 Å². The maximum atomic E-state index is 13.5. The van der Waals surface area contributed by atoms with Crippen LogP contribution in [0.15, 0.2) is 104 Å². The summed E-state index contributed by atoms with van der Waals surface area (Å²) in [6.07, 6.45) is 1.46. The lowest BCUT2D eigenvalue weighted by Gasteiger charge is -2.12. The molecule has 5 rings (SSSR count). The van der Waals surface area contributed by atoms with Crippen LogP contribution in [-0.4, -0.2) is 21.8 Å². The van der Waals surface area contributed by atoms with Crippen LogP contribution in [0.2, 0.25) is 5.02 Å². The summed E-state index contributed by atoms with van der Waals surface area (Å²) in [4.78, 5) is 31.1. The summed E-state index contributed by atoms with van der Waals surface area (Å²) < 4.78 is 8.25. The largest absolute Gasteiger partial charge is 0.421 e. The van der Waals surface area contributed by atoms with Crippen molar-refractivity contribution in [2.45, 2.75) is 6.92 Å². The number of ether oxygens (including phenoxy) is 1. The number of aromatic nitrogens is 2. The number of benzene rings is 4. The van der Waals surface area contributed by atoms with Gasteiger partial charge in [-0.25, -0.2) is 9.78 Å². The van der Waals surface area contributed by atoms with Gasteiger partial charge in [-0.1, -0.05) is 57.4 Å². The minimum atomic E-state index is -0.519. The Morgan fingerprint density at radius 3 is 2.45 bits per heavy atom. The molecule has 0 amide bonds. The predicted molar refractivity (Wildman–Crippen MR) is 157 cm³/mol. The molecule has 0 radical (unpaired) electrons. The van der Waals surface area contributed by atoms with E-state index in [-0.39, 0.29) is 11.3 Å². The van der Waals surface area contributed by atoms with Crippen LogP contribution in [0.5, 0.6) is 5.75 Å². The Labute approximate surface area is 239 Å². The van der Waals surface area contributed by atoms with E-state index in [2.05, 4.69) is 37.0 Å². The summed E-state index contributed by atoms with van der Waals surface area (Å²) in [5.41, 5.74) is 2.78. The number of esters is 1. The Morgan fingerprint density at radius 1 is 1.00 bits per heavy atom. The van der Waals surface area contributed by atoms with Crippen LogP contribution < -0.4 is 10.3 Å². The molecule has 38 heavy (non-hydrogen) atoms. The molecule has 0 spiro atoms. The number of rotatable bonds is 5. The van der Waals surface area contributed by atoms with Gasteiger partial charge in [0.05, 0.1) is 27.2 Å². The number of carbonyl (C=O) groups excluding carboxylic acids is 1. The highest BCUT2D eigenvalue weighted by atomic mass is 79.9. The molecule has 188 valence electrons. The smallest absolute Gasteiger partial charge is 0.343 e. The van der Waals surface area contributed by atoms with Gasteiger partial charge in [0.25, 0.3) is 5.56 Å². The third-order valence-corrected chi connectivity index (χ3v) is 6.99. The third-order valence-electron chi connectivity index (χ3n) is 5.69. The number of nitrogens with zero attached hydrogens (tertiary/aromatic N) is 3. The van der Waals surface area contributed by atoms with Gasteiger partial charge in [0.2, 0.25) is 0 Å². The van der Waals surface area contributed by atoms with Gasteiger partial charge < -0.3 is 4.74 Å². The molecule has 0 N–H and O–H groups in total. The normalized spacial score (nSPS) is 11.3. The summed E-state index contributed by atoms with van der Waals surface area (Å²) in [5, 5.41) is 5.49. The van der Waals surface area contributed by atoms with Crippen molar-refractivity contribution in [1.29, 1.82) is 0 Å². The van der Waals surface area contributed by atoms with Crippen molar-refractivity contribution in [1.82, 2.24) is 9.66 Å². The molecular formula is C29H18Br2ClN3O3. The molecule has 0 aliphatic carbocycles. The number of hydrogen-bond donors (Lipinski definition) is 0. The number of aryl methyl sites for hydroxylation is 1. The first-order chi connectivity index (χ1) is 18.3. The van der Waals surface area contributed by atoms with Gasteiger partial charge >= 0.3 is 5.97 Å². The molecule has 0 fully saturated rings. The number of halogens is 3. The van der Waals surface area contributed by atoms with Crippen molar-refractivity contribution in [3.05, 3.63) is 126 Å². The molecule has 4 aromatic carbocycles. The molecule has 6 nitrogen and oxygen atoms in total. The van der Waals surface area contributed by atoms with E-state index in [1.54, 1.807) is 66.7 Å². The highest BCUT2D eigenvalue weighted by Gasteiger charge is 2.17. The monoisotopic (exact) mass is 649 g/mol. The zero-order chi connectivity index (χ0) is 26.8. The Bertz CT molecular complexity index is 1770. The van der Waals surface area contributed by atoms with Gasteiger partial charge in [0.1, 0.15) is 0 Å². The Morgan fingerprint density at radius 2 is 1.71 bits per heavy atom. The molecule has 0 aliphatic heterocycles. The summed E-state index contributed by atoms with van der Waals surface area (Å²) in [6.45, 7) is 1.94. The first kappa shape index (κ1) is 26.0.